The van der Waals surface area contributed by atoms with Crippen molar-refractivity contribution in [3.05, 3.63) is 44.2 Å². The van der Waals surface area contributed by atoms with Crippen molar-refractivity contribution in [1.82, 2.24) is 49.0 Å². The van der Waals surface area contributed by atoms with Gasteiger partial charge < -0.3 is 76.0 Å². The van der Waals surface area contributed by atoms with Gasteiger partial charge in [-0.2, -0.15) is 29.9 Å². The Morgan fingerprint density at radius 1 is 0.774 bits per heavy atom. The molecule has 0 unspecified atom stereocenters. The van der Waals surface area contributed by atoms with Crippen LogP contribution in [0.4, 0.5) is 29.7 Å². The smallest absolute Gasteiger partial charge is 0.256 e. The van der Waals surface area contributed by atoms with Crippen LogP contribution in [0.5, 0.6) is 0 Å². The van der Waals surface area contributed by atoms with E-state index in [2.05, 4.69) is 160 Å². The Hall–Kier alpha value is -0.886. The number of alkyl halides is 2. The summed E-state index contributed by atoms with van der Waals surface area (Å²) in [6.45, 7) is 6.75. The van der Waals surface area contributed by atoms with Crippen LogP contribution in [0.25, 0.3) is 0 Å². The number of aryl methyl sites for hydroxylation is 2. The second kappa shape index (κ2) is 35.5. The summed E-state index contributed by atoms with van der Waals surface area (Å²) in [7, 11) is 10.4. The number of imidazole rings is 2. The second-order valence-corrected chi connectivity index (χ2v) is 17.8. The minimum Gasteiger partial charge on any atom is -0.354 e. The number of aromatic nitrogens is 10. The summed E-state index contributed by atoms with van der Waals surface area (Å²) in [6, 6.07) is 0. The third-order valence-corrected chi connectivity index (χ3v) is 6.00. The molecule has 0 saturated heterocycles. The van der Waals surface area contributed by atoms with Crippen molar-refractivity contribution < 1.29 is 28.2 Å². The molecular formula is C29H52ClI4N16O2V-. The van der Waals surface area contributed by atoms with Crippen LogP contribution < -0.4 is 31.8 Å². The first-order valence-corrected chi connectivity index (χ1v) is 21.1. The molecule has 0 bridgehead atoms. The number of hydrogen-bond donors (Lipinski definition) is 4. The average Bonchev–Trinajstić information content (AvgIpc) is 3.75. The Labute approximate surface area is 385 Å². The van der Waals surface area contributed by atoms with Crippen LogP contribution in [0.15, 0.2) is 24.8 Å². The van der Waals surface area contributed by atoms with Gasteiger partial charge in [0.1, 0.15) is 11.6 Å². The molecule has 4 aromatic heterocycles. The molecule has 0 fully saturated rings. The average molecular weight is 1250 g/mol. The number of nitrogens with one attached hydrogen (secondary N) is 3. The van der Waals surface area contributed by atoms with Gasteiger partial charge in [-0.3, -0.25) is 9.68 Å². The Balaban J connectivity index is -0.000000697. The fourth-order valence-electron chi connectivity index (χ4n) is 3.18. The van der Waals surface area contributed by atoms with Crippen LogP contribution in [-0.4, -0.2) is 92.8 Å². The number of anilines is 5. The molecule has 0 amide bonds. The van der Waals surface area contributed by atoms with E-state index in [4.69, 9.17) is 27.0 Å². The zero-order valence-corrected chi connectivity index (χ0v) is 41.2. The number of halogens is 5. The third kappa shape index (κ3) is 25.1. The molecule has 4 rings (SSSR count). The summed E-state index contributed by atoms with van der Waals surface area (Å²) in [5.74, 6) is 4.05. The van der Waals surface area contributed by atoms with Gasteiger partial charge in [0.05, 0.1) is 29.7 Å². The van der Waals surface area contributed by atoms with Crippen molar-refractivity contribution in [2.24, 2.45) is 19.8 Å². The molecular weight excluding hydrogens is 1200 g/mol. The van der Waals surface area contributed by atoms with Gasteiger partial charge in [-0.1, -0.05) is 66.5 Å². The minimum atomic E-state index is 0. The van der Waals surface area contributed by atoms with Gasteiger partial charge in [-0.05, 0) is 24.4 Å². The summed E-state index contributed by atoms with van der Waals surface area (Å²) in [5, 5.41) is 12.4. The quantitative estimate of drug-likeness (QED) is 0.0451. The molecule has 0 saturated carbocycles. The fourth-order valence-corrected chi connectivity index (χ4v) is 3.33. The van der Waals surface area contributed by atoms with E-state index in [0.29, 0.717) is 42.8 Å². The minimum absolute atomic E-state index is 0. The van der Waals surface area contributed by atoms with Crippen LogP contribution >= 0.6 is 102 Å². The molecule has 301 valence electrons. The number of nitrogens with zero attached hydrogens (tertiary/aromatic N) is 12. The van der Waals surface area contributed by atoms with Crippen LogP contribution in [-0.2, 0) is 55.4 Å². The number of rotatable bonds is 14. The summed E-state index contributed by atoms with van der Waals surface area (Å²) in [6.07, 6.45) is 9.23. The molecule has 53 heavy (non-hydrogen) atoms. The van der Waals surface area contributed by atoms with E-state index in [1.54, 1.807) is 33.6 Å². The zero-order chi connectivity index (χ0) is 38.6. The van der Waals surface area contributed by atoms with Crippen molar-refractivity contribution in [3.8, 4) is 0 Å². The van der Waals surface area contributed by atoms with E-state index in [0.717, 1.165) is 37.6 Å². The van der Waals surface area contributed by atoms with Crippen LogP contribution in [0.1, 0.15) is 45.8 Å². The summed E-state index contributed by atoms with van der Waals surface area (Å²) in [4.78, 5) is 43.3. The van der Waals surface area contributed by atoms with Crippen molar-refractivity contribution >= 4 is 132 Å². The summed E-state index contributed by atoms with van der Waals surface area (Å²) in [5.41, 5.74) is 5.31. The van der Waals surface area contributed by atoms with Crippen molar-refractivity contribution in [3.63, 3.8) is 0 Å². The van der Waals surface area contributed by atoms with Gasteiger partial charge in [0, 0.05) is 84.6 Å². The number of hydroxylamine groups is 2. The van der Waals surface area contributed by atoms with Crippen molar-refractivity contribution in [1.29, 1.82) is 0 Å². The maximum absolute atomic E-state index is 5.75. The molecule has 0 aromatic carbocycles. The van der Waals surface area contributed by atoms with Gasteiger partial charge in [0.2, 0.25) is 23.1 Å². The summed E-state index contributed by atoms with van der Waals surface area (Å²) >= 11 is 14.6. The molecule has 5 N–H and O–H groups in total. The Morgan fingerprint density at radius 3 is 1.53 bits per heavy atom. The first-order chi connectivity index (χ1) is 24.5. The van der Waals surface area contributed by atoms with Crippen LogP contribution in [0.3, 0.4) is 0 Å². The molecule has 0 atom stereocenters. The van der Waals surface area contributed by atoms with E-state index >= 15 is 0 Å². The number of hydrogen-bond acceptors (Lipinski definition) is 16. The molecule has 4 aromatic rings. The Kier molecular flexibility index (Phi) is 37.8. The molecule has 4 heterocycles. The normalized spacial score (nSPS) is 9.40. The predicted molar refractivity (Wildman–Crippen MR) is 247 cm³/mol. The first kappa shape index (κ1) is 56.4. The van der Waals surface area contributed by atoms with E-state index in [-0.39, 0.29) is 31.3 Å². The predicted octanol–water partition coefficient (Wildman–Crippen LogP) is 6.68. The van der Waals surface area contributed by atoms with Gasteiger partial charge in [0.15, 0.2) is 0 Å². The second-order valence-electron chi connectivity index (χ2n) is 9.37. The number of nitrogens with two attached hydrogens (primary N) is 1. The van der Waals surface area contributed by atoms with Gasteiger partial charge in [-0.15, -0.1) is 0 Å². The SMILES string of the molecule is C.CCCNc1nc(Cl)nc(N(C)OC)n1.CCCNc1nc(NCc2nccn2C)nc(N(C)OC)n1.Cn1ccnc1CN.ICI.I[CH-]I.[V]. The Bertz CT molecular complexity index is 1460. The molecule has 0 aliphatic rings. The van der Waals surface area contributed by atoms with Crippen LogP contribution in [0.2, 0.25) is 5.28 Å². The van der Waals surface area contributed by atoms with Gasteiger partial charge in [0.25, 0.3) is 11.9 Å². The summed E-state index contributed by atoms with van der Waals surface area (Å²) < 4.78 is 6.97. The van der Waals surface area contributed by atoms with Crippen LogP contribution in [0, 0.1) is 2.43 Å². The Morgan fingerprint density at radius 2 is 1.17 bits per heavy atom. The third-order valence-electron chi connectivity index (χ3n) is 5.83. The molecule has 18 nitrogen and oxygen atoms in total. The largest absolute Gasteiger partial charge is 0.354 e. The van der Waals surface area contributed by atoms with E-state index in [1.807, 2.05) is 38.1 Å². The molecule has 0 spiro atoms. The first-order valence-electron chi connectivity index (χ1n) is 15.2. The van der Waals surface area contributed by atoms with E-state index in [1.165, 1.54) is 19.7 Å². The van der Waals surface area contributed by atoms with E-state index < -0.39 is 0 Å². The van der Waals surface area contributed by atoms with Gasteiger partial charge in [-0.25, -0.2) is 22.5 Å². The standard InChI is InChI=1S/C13H22N8O.C8H14ClN5O.C5H9N3.CH2I2.CHI2.CH4.V/c1-5-6-15-11-17-12(19-13(18-11)21(3)22-4)16-9-10-14-7-8-20(10)2;1-4-5-10-7-11-6(9)12-8(13-7)14(2)15-3;1-8-3-2-7-5(8)4-6;2*2-1-3;;/h7-8H,5-6,9H2,1-4H3,(H2,15,16,17,18,19);4-5H2,1-3H3,(H,10,11,12,13);2-3H,4,6H2,1H3;1H2;1H;1H4;/q;;;;-1;;. The molecule has 0 aliphatic carbocycles. The molecule has 24 heteroatoms. The topological polar surface area (TPSA) is 200 Å². The van der Waals surface area contributed by atoms with Crippen molar-refractivity contribution in [2.45, 2.75) is 47.2 Å². The van der Waals surface area contributed by atoms with Gasteiger partial charge >= 0.3 is 0 Å². The van der Waals surface area contributed by atoms with E-state index in [9.17, 15) is 0 Å². The fraction of sp³-hybridized carbons (Fsp3) is 0.552. The molecule has 1 radical (unpaired) electrons. The molecule has 0 aliphatic heterocycles. The maximum Gasteiger partial charge on any atom is 0.256 e. The zero-order valence-electron chi connectivity index (χ0n) is 30.4. The van der Waals surface area contributed by atoms with Crippen molar-refractivity contribution in [2.75, 3.05) is 69.9 Å². The monoisotopic (exact) mass is 1250 g/mol. The maximum atomic E-state index is 5.75.